The van der Waals surface area contributed by atoms with E-state index in [2.05, 4.69) is 56.8 Å². The highest BCUT2D eigenvalue weighted by atomic mass is 32.2. The molecule has 0 aliphatic carbocycles. The minimum Gasteiger partial charge on any atom is -0.369 e. The lowest BCUT2D eigenvalue weighted by atomic mass is 10.2. The van der Waals surface area contributed by atoms with E-state index in [9.17, 15) is 0 Å². The van der Waals surface area contributed by atoms with Gasteiger partial charge in [0.2, 0.25) is 0 Å². The van der Waals surface area contributed by atoms with Crippen LogP contribution in [-0.4, -0.2) is 69.9 Å². The minimum atomic E-state index is 0.654. The Hall–Kier alpha value is -1.77. The average molecular weight is 404 g/mol. The molecule has 0 saturated carbocycles. The Morgan fingerprint density at radius 1 is 1.14 bits per heavy atom. The molecule has 2 aromatic rings. The second-order valence-electron chi connectivity index (χ2n) is 7.65. The lowest BCUT2D eigenvalue weighted by molar-refractivity contribution is 0.111. The van der Waals surface area contributed by atoms with Crippen LogP contribution in [0.15, 0.2) is 23.2 Å². The summed E-state index contributed by atoms with van der Waals surface area (Å²) in [6, 6.07) is 4.79. The molecule has 0 radical (unpaired) electrons. The summed E-state index contributed by atoms with van der Waals surface area (Å²) < 4.78 is 5.29. The average Bonchev–Trinajstić information content (AvgIpc) is 2.93. The first-order chi connectivity index (χ1) is 13.4. The van der Waals surface area contributed by atoms with Crippen LogP contribution in [0.5, 0.6) is 0 Å². The van der Waals surface area contributed by atoms with E-state index in [4.69, 9.17) is 0 Å². The maximum absolute atomic E-state index is 4.54. The van der Waals surface area contributed by atoms with Crippen LogP contribution >= 0.6 is 11.9 Å². The molecule has 154 valence electrons. The van der Waals surface area contributed by atoms with E-state index in [1.807, 2.05) is 30.9 Å². The summed E-state index contributed by atoms with van der Waals surface area (Å²) in [4.78, 5) is 10.7. The maximum Gasteiger partial charge on any atom is 0.126 e. The number of nitrogens with zero attached hydrogens (tertiary/aromatic N) is 5. The number of anilines is 2. The zero-order chi connectivity index (χ0) is 20.1. The van der Waals surface area contributed by atoms with E-state index in [1.54, 1.807) is 11.9 Å². The Bertz CT molecular complexity index is 749. The molecule has 7 nitrogen and oxygen atoms in total. The third-order valence-corrected chi connectivity index (χ3v) is 6.17. The summed E-state index contributed by atoms with van der Waals surface area (Å²) in [6.45, 7) is 15.3. The zero-order valence-electron chi connectivity index (χ0n) is 17.7. The second kappa shape index (κ2) is 9.62. The fourth-order valence-electron chi connectivity index (χ4n) is 3.42. The lowest BCUT2D eigenvalue weighted by Crippen LogP contribution is -2.49. The molecule has 2 aromatic heterocycles. The highest BCUT2D eigenvalue weighted by molar-refractivity contribution is 8.00. The third kappa shape index (κ3) is 5.40. The van der Waals surface area contributed by atoms with E-state index in [0.717, 1.165) is 54.0 Å². The van der Waals surface area contributed by atoms with E-state index in [-0.39, 0.29) is 0 Å². The van der Waals surface area contributed by atoms with Gasteiger partial charge in [0.25, 0.3) is 0 Å². The van der Waals surface area contributed by atoms with Crippen LogP contribution in [0.2, 0.25) is 0 Å². The quantitative estimate of drug-likeness (QED) is 0.657. The predicted octanol–water partition coefficient (Wildman–Crippen LogP) is 2.99. The van der Waals surface area contributed by atoms with Gasteiger partial charge in [-0.1, -0.05) is 0 Å². The van der Waals surface area contributed by atoms with Gasteiger partial charge in [0.15, 0.2) is 0 Å². The molecule has 3 rings (SSSR count). The smallest absolute Gasteiger partial charge is 0.126 e. The molecule has 0 spiro atoms. The number of nitrogens with one attached hydrogen (secondary N) is 2. The SMILES string of the molecule is Cc1nn(C)c(C)c1NSc1ccc(NCCN2CCN(C(C)C)CC2)nc1. The predicted molar refractivity (Wildman–Crippen MR) is 118 cm³/mol. The molecule has 3 heterocycles. The van der Waals surface area contributed by atoms with Gasteiger partial charge in [-0.2, -0.15) is 5.10 Å². The van der Waals surface area contributed by atoms with Crippen LogP contribution in [-0.2, 0) is 7.05 Å². The van der Waals surface area contributed by atoms with Crippen molar-refractivity contribution in [1.82, 2.24) is 24.6 Å². The maximum atomic E-state index is 4.54. The second-order valence-corrected chi connectivity index (χ2v) is 8.53. The minimum absolute atomic E-state index is 0.654. The van der Waals surface area contributed by atoms with Gasteiger partial charge in [0.1, 0.15) is 5.82 Å². The van der Waals surface area contributed by atoms with Crippen LogP contribution in [0.4, 0.5) is 11.5 Å². The van der Waals surface area contributed by atoms with Crippen molar-refractivity contribution in [1.29, 1.82) is 0 Å². The van der Waals surface area contributed by atoms with Crippen molar-refractivity contribution >= 4 is 23.5 Å². The lowest BCUT2D eigenvalue weighted by Gasteiger charge is -2.36. The van der Waals surface area contributed by atoms with Gasteiger partial charge < -0.3 is 10.0 Å². The Morgan fingerprint density at radius 2 is 1.89 bits per heavy atom. The first kappa shape index (κ1) is 21.0. The molecule has 0 bridgehead atoms. The highest BCUT2D eigenvalue weighted by Gasteiger charge is 2.18. The topological polar surface area (TPSA) is 61.3 Å². The summed E-state index contributed by atoms with van der Waals surface area (Å²) in [6.07, 6.45) is 1.91. The number of aryl methyl sites for hydroxylation is 2. The van der Waals surface area contributed by atoms with Gasteiger partial charge >= 0.3 is 0 Å². The number of rotatable bonds is 8. The standard InChI is InChI=1S/C20H33N7S/c1-15(2)27-12-10-26(11-13-27)9-8-21-19-7-6-18(14-22-19)28-24-20-16(3)23-25(5)17(20)4/h6-7,14-15,24H,8-13H2,1-5H3,(H,21,22). The van der Waals surface area contributed by atoms with E-state index >= 15 is 0 Å². The van der Waals surface area contributed by atoms with Crippen molar-refractivity contribution in [2.45, 2.75) is 38.6 Å². The summed E-state index contributed by atoms with van der Waals surface area (Å²) in [7, 11) is 1.96. The normalized spacial score (nSPS) is 15.9. The molecule has 0 unspecified atom stereocenters. The Labute approximate surface area is 173 Å². The van der Waals surface area contributed by atoms with E-state index in [0.29, 0.717) is 6.04 Å². The van der Waals surface area contributed by atoms with Crippen molar-refractivity contribution in [3.05, 3.63) is 29.7 Å². The molecule has 0 amide bonds. The van der Waals surface area contributed by atoms with Crippen LogP contribution in [0.3, 0.4) is 0 Å². The molecule has 1 fully saturated rings. The number of piperazine rings is 1. The summed E-state index contributed by atoms with van der Waals surface area (Å²) >= 11 is 1.57. The van der Waals surface area contributed by atoms with Crippen molar-refractivity contribution in [2.24, 2.45) is 7.05 Å². The van der Waals surface area contributed by atoms with Gasteiger partial charge in [-0.25, -0.2) is 4.98 Å². The van der Waals surface area contributed by atoms with Crippen molar-refractivity contribution in [3.63, 3.8) is 0 Å². The highest BCUT2D eigenvalue weighted by Crippen LogP contribution is 2.26. The molecule has 28 heavy (non-hydrogen) atoms. The largest absolute Gasteiger partial charge is 0.369 e. The molecule has 1 aliphatic heterocycles. The van der Waals surface area contributed by atoms with E-state index < -0.39 is 0 Å². The molecule has 0 aromatic carbocycles. The van der Waals surface area contributed by atoms with Crippen LogP contribution < -0.4 is 10.0 Å². The first-order valence-corrected chi connectivity index (χ1v) is 10.8. The molecule has 0 atom stereocenters. The molecule has 8 heteroatoms. The number of aromatic nitrogens is 3. The van der Waals surface area contributed by atoms with Crippen molar-refractivity contribution < 1.29 is 0 Å². The van der Waals surface area contributed by atoms with Gasteiger partial charge in [-0.05, 0) is 51.8 Å². The van der Waals surface area contributed by atoms with Gasteiger partial charge in [0, 0.05) is 63.5 Å². The molecular formula is C20H33N7S. The van der Waals surface area contributed by atoms with Gasteiger partial charge in [0.05, 0.1) is 17.1 Å². The summed E-state index contributed by atoms with van der Waals surface area (Å²) in [5.41, 5.74) is 3.21. The molecule has 2 N–H and O–H groups in total. The summed E-state index contributed by atoms with van der Waals surface area (Å²) in [5.74, 6) is 0.930. The fraction of sp³-hybridized carbons (Fsp3) is 0.600. The van der Waals surface area contributed by atoms with Crippen LogP contribution in [0.1, 0.15) is 25.2 Å². The van der Waals surface area contributed by atoms with Gasteiger partial charge in [-0.3, -0.25) is 14.5 Å². The monoisotopic (exact) mass is 403 g/mol. The molecule has 1 saturated heterocycles. The van der Waals surface area contributed by atoms with Crippen molar-refractivity contribution in [2.75, 3.05) is 49.3 Å². The fourth-order valence-corrected chi connectivity index (χ4v) is 4.18. The van der Waals surface area contributed by atoms with Crippen LogP contribution in [0.25, 0.3) is 0 Å². The van der Waals surface area contributed by atoms with Crippen molar-refractivity contribution in [3.8, 4) is 0 Å². The third-order valence-electron chi connectivity index (χ3n) is 5.39. The Balaban J connectivity index is 1.40. The number of pyridine rings is 1. The molecule has 1 aliphatic rings. The Morgan fingerprint density at radius 3 is 2.46 bits per heavy atom. The zero-order valence-corrected chi connectivity index (χ0v) is 18.5. The van der Waals surface area contributed by atoms with Gasteiger partial charge in [-0.15, -0.1) is 0 Å². The first-order valence-electron chi connectivity index (χ1n) is 10.0. The molecular weight excluding hydrogens is 370 g/mol. The number of hydrogen-bond donors (Lipinski definition) is 2. The number of hydrogen-bond acceptors (Lipinski definition) is 7. The summed E-state index contributed by atoms with van der Waals surface area (Å²) in [5, 5.41) is 7.87. The van der Waals surface area contributed by atoms with E-state index in [1.165, 1.54) is 13.1 Å². The van der Waals surface area contributed by atoms with Crippen LogP contribution in [0, 0.1) is 13.8 Å². The Kier molecular flexibility index (Phi) is 7.20.